The first-order valence-electron chi connectivity index (χ1n) is 9.78. The van der Waals surface area contributed by atoms with Crippen LogP contribution in [0.25, 0.3) is 0 Å². The van der Waals surface area contributed by atoms with Crippen molar-refractivity contribution >= 4 is 29.4 Å². The molecule has 30 heavy (non-hydrogen) atoms. The Hall–Kier alpha value is -3.48. The second-order valence-corrected chi connectivity index (χ2v) is 7.57. The molecule has 1 aliphatic heterocycles. The van der Waals surface area contributed by atoms with E-state index < -0.39 is 18.5 Å². The lowest BCUT2D eigenvalue weighted by molar-refractivity contribution is -0.121. The van der Waals surface area contributed by atoms with E-state index in [4.69, 9.17) is 4.74 Å². The molecule has 7 heteroatoms. The number of benzene rings is 2. The minimum Gasteiger partial charge on any atom is -0.452 e. The van der Waals surface area contributed by atoms with Gasteiger partial charge in [0.15, 0.2) is 6.61 Å². The molecule has 1 aliphatic rings. The zero-order valence-electron chi connectivity index (χ0n) is 17.3. The van der Waals surface area contributed by atoms with Crippen LogP contribution in [0, 0.1) is 5.92 Å². The highest BCUT2D eigenvalue weighted by atomic mass is 16.5. The SMILES string of the molecule is CC(C)CCN1C(=O)c2ccc(C(=O)OCC(=O)N(C)c3ccccc3)cc2C1=O. The van der Waals surface area contributed by atoms with Gasteiger partial charge in [-0.3, -0.25) is 19.3 Å². The lowest BCUT2D eigenvalue weighted by Gasteiger charge is -2.17. The van der Waals surface area contributed by atoms with Crippen molar-refractivity contribution in [2.75, 3.05) is 25.1 Å². The van der Waals surface area contributed by atoms with Crippen molar-refractivity contribution in [1.29, 1.82) is 0 Å². The molecule has 0 saturated carbocycles. The van der Waals surface area contributed by atoms with Crippen LogP contribution in [0.4, 0.5) is 5.69 Å². The van der Waals surface area contributed by atoms with Crippen LogP contribution in [-0.4, -0.2) is 48.8 Å². The Balaban J connectivity index is 1.65. The normalized spacial score (nSPS) is 12.9. The fourth-order valence-electron chi connectivity index (χ4n) is 3.11. The third-order valence-corrected chi connectivity index (χ3v) is 4.98. The zero-order chi connectivity index (χ0) is 21.8. The quantitative estimate of drug-likeness (QED) is 0.519. The summed E-state index contributed by atoms with van der Waals surface area (Å²) >= 11 is 0. The van der Waals surface area contributed by atoms with E-state index in [9.17, 15) is 19.2 Å². The molecule has 0 bridgehead atoms. The second kappa shape index (κ2) is 8.90. The summed E-state index contributed by atoms with van der Waals surface area (Å²) in [5.74, 6) is -1.53. The Bertz CT molecular complexity index is 984. The Morgan fingerprint density at radius 1 is 1.00 bits per heavy atom. The van der Waals surface area contributed by atoms with Gasteiger partial charge in [0.25, 0.3) is 17.7 Å². The monoisotopic (exact) mass is 408 g/mol. The summed E-state index contributed by atoms with van der Waals surface area (Å²) in [5, 5.41) is 0. The molecule has 3 rings (SSSR count). The highest BCUT2D eigenvalue weighted by Gasteiger charge is 2.35. The van der Waals surface area contributed by atoms with Gasteiger partial charge in [-0.2, -0.15) is 0 Å². The van der Waals surface area contributed by atoms with Crippen LogP contribution in [0.15, 0.2) is 48.5 Å². The van der Waals surface area contributed by atoms with E-state index in [1.165, 1.54) is 28.0 Å². The smallest absolute Gasteiger partial charge is 0.338 e. The number of amides is 3. The predicted octanol–water partition coefficient (Wildman–Crippen LogP) is 3.15. The first kappa shape index (κ1) is 21.2. The Morgan fingerprint density at radius 2 is 1.67 bits per heavy atom. The van der Waals surface area contributed by atoms with Gasteiger partial charge in [0, 0.05) is 19.3 Å². The predicted molar refractivity (Wildman–Crippen MR) is 111 cm³/mol. The molecule has 0 spiro atoms. The standard InChI is InChI=1S/C23H24N2O5/c1-15(2)11-12-25-21(27)18-10-9-16(13-19(18)22(25)28)23(29)30-14-20(26)24(3)17-7-5-4-6-8-17/h4-10,13,15H,11-12,14H2,1-3H3. The number of anilines is 1. The van der Waals surface area contributed by atoms with Gasteiger partial charge >= 0.3 is 5.97 Å². The molecular formula is C23H24N2O5. The number of nitrogens with zero attached hydrogens (tertiary/aromatic N) is 2. The number of imide groups is 1. The first-order chi connectivity index (χ1) is 14.3. The molecule has 0 radical (unpaired) electrons. The maximum absolute atomic E-state index is 12.6. The molecule has 2 aromatic carbocycles. The van der Waals surface area contributed by atoms with Crippen molar-refractivity contribution in [3.05, 3.63) is 65.2 Å². The summed E-state index contributed by atoms with van der Waals surface area (Å²) in [6.07, 6.45) is 0.706. The van der Waals surface area contributed by atoms with Crippen LogP contribution in [0.1, 0.15) is 51.3 Å². The fraction of sp³-hybridized carbons (Fsp3) is 0.304. The van der Waals surface area contributed by atoms with Crippen molar-refractivity contribution in [3.63, 3.8) is 0 Å². The minimum atomic E-state index is -0.728. The number of ether oxygens (including phenoxy) is 1. The highest BCUT2D eigenvalue weighted by molar-refractivity contribution is 6.22. The maximum atomic E-state index is 12.6. The topological polar surface area (TPSA) is 84.0 Å². The number of carbonyl (C=O) groups excluding carboxylic acids is 4. The Kier molecular flexibility index (Phi) is 6.30. The van der Waals surface area contributed by atoms with E-state index in [1.807, 2.05) is 19.9 Å². The van der Waals surface area contributed by atoms with E-state index in [0.717, 1.165) is 0 Å². The van der Waals surface area contributed by atoms with E-state index in [1.54, 1.807) is 31.3 Å². The number of likely N-dealkylation sites (N-methyl/N-ethyl adjacent to an activating group) is 1. The average molecular weight is 408 g/mol. The maximum Gasteiger partial charge on any atom is 0.338 e. The molecule has 156 valence electrons. The fourth-order valence-corrected chi connectivity index (χ4v) is 3.11. The van der Waals surface area contributed by atoms with Crippen molar-refractivity contribution in [1.82, 2.24) is 4.90 Å². The molecular weight excluding hydrogens is 384 g/mol. The number of hydrogen-bond donors (Lipinski definition) is 0. The molecule has 3 amide bonds. The molecule has 0 fully saturated rings. The molecule has 0 atom stereocenters. The molecule has 2 aromatic rings. The van der Waals surface area contributed by atoms with E-state index >= 15 is 0 Å². The van der Waals surface area contributed by atoms with Crippen molar-refractivity contribution in [2.45, 2.75) is 20.3 Å². The summed E-state index contributed by atoms with van der Waals surface area (Å²) in [6, 6.07) is 13.2. The molecule has 0 saturated heterocycles. The van der Waals surface area contributed by atoms with E-state index in [-0.39, 0.29) is 28.5 Å². The van der Waals surface area contributed by atoms with Gasteiger partial charge in [-0.1, -0.05) is 32.0 Å². The van der Waals surface area contributed by atoms with E-state index in [0.29, 0.717) is 24.6 Å². The van der Waals surface area contributed by atoms with Crippen LogP contribution in [0.3, 0.4) is 0 Å². The summed E-state index contributed by atoms with van der Waals surface area (Å²) in [6.45, 7) is 3.93. The van der Waals surface area contributed by atoms with Gasteiger partial charge in [0.1, 0.15) is 0 Å². The van der Waals surface area contributed by atoms with Crippen LogP contribution < -0.4 is 4.90 Å². The Labute approximate surface area is 175 Å². The van der Waals surface area contributed by atoms with Gasteiger partial charge < -0.3 is 9.64 Å². The number of esters is 1. The number of fused-ring (bicyclic) bond motifs is 1. The van der Waals surface area contributed by atoms with Crippen molar-refractivity contribution in [2.24, 2.45) is 5.92 Å². The van der Waals surface area contributed by atoms with Gasteiger partial charge in [0.05, 0.1) is 16.7 Å². The van der Waals surface area contributed by atoms with Crippen LogP contribution in [-0.2, 0) is 9.53 Å². The molecule has 0 aliphatic carbocycles. The molecule has 7 nitrogen and oxygen atoms in total. The van der Waals surface area contributed by atoms with Crippen LogP contribution >= 0.6 is 0 Å². The van der Waals surface area contributed by atoms with Crippen LogP contribution in [0.5, 0.6) is 0 Å². The lowest BCUT2D eigenvalue weighted by atomic mass is 10.1. The first-order valence-corrected chi connectivity index (χ1v) is 9.78. The van der Waals surface area contributed by atoms with Crippen molar-refractivity contribution in [3.8, 4) is 0 Å². The molecule has 0 unspecified atom stereocenters. The number of para-hydroxylation sites is 1. The van der Waals surface area contributed by atoms with Crippen molar-refractivity contribution < 1.29 is 23.9 Å². The number of hydrogen-bond acceptors (Lipinski definition) is 5. The van der Waals surface area contributed by atoms with Gasteiger partial charge in [0.2, 0.25) is 0 Å². The number of rotatable bonds is 7. The average Bonchev–Trinajstić information content (AvgIpc) is 2.99. The second-order valence-electron chi connectivity index (χ2n) is 7.57. The molecule has 0 N–H and O–H groups in total. The summed E-state index contributed by atoms with van der Waals surface area (Å²) in [7, 11) is 1.59. The summed E-state index contributed by atoms with van der Waals surface area (Å²) in [4.78, 5) is 52.3. The third kappa shape index (κ3) is 4.40. The lowest BCUT2D eigenvalue weighted by Crippen LogP contribution is -2.31. The molecule has 0 aromatic heterocycles. The molecule has 1 heterocycles. The number of carbonyl (C=O) groups is 4. The van der Waals surface area contributed by atoms with Gasteiger partial charge in [-0.25, -0.2) is 4.79 Å². The Morgan fingerprint density at radius 3 is 2.33 bits per heavy atom. The third-order valence-electron chi connectivity index (χ3n) is 4.98. The largest absolute Gasteiger partial charge is 0.452 e. The summed E-state index contributed by atoms with van der Waals surface area (Å²) < 4.78 is 5.12. The highest BCUT2D eigenvalue weighted by Crippen LogP contribution is 2.25. The van der Waals surface area contributed by atoms with E-state index in [2.05, 4.69) is 0 Å². The van der Waals surface area contributed by atoms with Gasteiger partial charge in [-0.15, -0.1) is 0 Å². The van der Waals surface area contributed by atoms with Crippen LogP contribution in [0.2, 0.25) is 0 Å². The zero-order valence-corrected chi connectivity index (χ0v) is 17.3. The summed E-state index contributed by atoms with van der Waals surface area (Å²) in [5.41, 5.74) is 1.27. The van der Waals surface area contributed by atoms with Gasteiger partial charge in [-0.05, 0) is 42.7 Å². The minimum absolute atomic E-state index is 0.121.